The van der Waals surface area contributed by atoms with Crippen LogP contribution in [0.4, 0.5) is 18.4 Å². The number of benzene rings is 3. The lowest BCUT2D eigenvalue weighted by atomic mass is 9.59. The van der Waals surface area contributed by atoms with Crippen molar-refractivity contribution in [3.8, 4) is 11.5 Å². The maximum absolute atomic E-state index is 14.9. The number of carbonyl (C=O) groups is 3. The highest BCUT2D eigenvalue weighted by molar-refractivity contribution is 6.32. The third-order valence-electron chi connectivity index (χ3n) is 12.6. The topological polar surface area (TPSA) is 209 Å². The summed E-state index contributed by atoms with van der Waals surface area (Å²) in [6.45, 7) is 10.2. The van der Waals surface area contributed by atoms with Crippen LogP contribution in [-0.2, 0) is 48.1 Å². The van der Waals surface area contributed by atoms with Crippen molar-refractivity contribution in [3.63, 3.8) is 0 Å². The molecule has 1 aliphatic heterocycles. The van der Waals surface area contributed by atoms with Gasteiger partial charge in [-0.2, -0.15) is 0 Å². The molecule has 1 saturated carbocycles. The van der Waals surface area contributed by atoms with Gasteiger partial charge in [-0.1, -0.05) is 75.7 Å². The first-order chi connectivity index (χ1) is 34.1. The molecule has 1 aliphatic carbocycles. The van der Waals surface area contributed by atoms with Crippen molar-refractivity contribution in [2.24, 2.45) is 17.3 Å². The molecule has 1 heterocycles. The van der Waals surface area contributed by atoms with E-state index in [1.807, 2.05) is 77.1 Å². The molecular formula is C50H67ClF2N4O14. The first-order valence-electron chi connectivity index (χ1n) is 24.1. The van der Waals surface area contributed by atoms with Crippen LogP contribution in [0.5, 0.6) is 11.5 Å². The molecule has 0 N–H and O–H groups in total. The number of hydrogen-bond acceptors (Lipinski definition) is 14. The number of likely N-dealkylation sites (tertiary alicyclic amines) is 1. The zero-order valence-electron chi connectivity index (χ0n) is 41.4. The molecular weight excluding hydrogens is 954 g/mol. The third kappa shape index (κ3) is 16.2. The van der Waals surface area contributed by atoms with Crippen molar-refractivity contribution in [2.45, 2.75) is 117 Å². The average Bonchev–Trinajstić information content (AvgIpc) is 3.63. The minimum Gasteiger partial charge on any atom is -0.496 e. The van der Waals surface area contributed by atoms with Gasteiger partial charge in [0.25, 0.3) is 10.2 Å². The summed E-state index contributed by atoms with van der Waals surface area (Å²) in [7, 11) is 1.60. The van der Waals surface area contributed by atoms with Gasteiger partial charge in [-0.25, -0.2) is 18.4 Å². The first kappa shape index (κ1) is 57.4. The second kappa shape index (κ2) is 28.6. The number of rotatable bonds is 28. The Morgan fingerprint density at radius 2 is 1.45 bits per heavy atom. The van der Waals surface area contributed by atoms with Gasteiger partial charge in [0.2, 0.25) is 5.91 Å². The van der Waals surface area contributed by atoms with Gasteiger partial charge < -0.3 is 43.2 Å². The number of methoxy groups -OCH3 is 1. The predicted molar refractivity (Wildman–Crippen MR) is 257 cm³/mol. The van der Waals surface area contributed by atoms with Gasteiger partial charge in [0.1, 0.15) is 16.6 Å². The molecule has 5 rings (SSSR count). The van der Waals surface area contributed by atoms with E-state index in [1.165, 1.54) is 0 Å². The number of nitrogens with zero attached hydrogens (tertiary/aromatic N) is 4. The number of hydrogen-bond donors (Lipinski definition) is 0. The summed E-state index contributed by atoms with van der Waals surface area (Å²) in [5, 5.41) is 18.9. The smallest absolute Gasteiger partial charge is 0.496 e. The monoisotopic (exact) mass is 1020 g/mol. The Morgan fingerprint density at radius 1 is 0.845 bits per heavy atom. The van der Waals surface area contributed by atoms with E-state index in [9.17, 15) is 43.4 Å². The van der Waals surface area contributed by atoms with Gasteiger partial charge in [0, 0.05) is 24.5 Å². The van der Waals surface area contributed by atoms with Crippen LogP contribution >= 0.6 is 11.6 Å². The van der Waals surface area contributed by atoms with Crippen LogP contribution in [-0.4, -0.2) is 104 Å². The second-order valence-electron chi connectivity index (χ2n) is 17.4. The SMILES string of the molecule is CC.CCCN(Cc1ccc(OC)c(C)c1)C(=O)C(C)C1N(C(=O)OCCCCO[N+](=O)[O-])C2CC(COC(=O)OCCCCO[N+](=O)[O-])CC21Cc1ccc(CCCOc2c(F)ccc(F)c2Cl)cc1. The first-order valence-corrected chi connectivity index (χ1v) is 24.5. The largest absolute Gasteiger partial charge is 0.508 e. The number of ether oxygens (including phenoxy) is 5. The highest BCUT2D eigenvalue weighted by atomic mass is 35.5. The molecule has 3 aromatic carbocycles. The van der Waals surface area contributed by atoms with E-state index in [2.05, 4.69) is 9.68 Å². The fourth-order valence-corrected chi connectivity index (χ4v) is 9.83. The van der Waals surface area contributed by atoms with Crippen LogP contribution in [0, 0.1) is 56.0 Å². The summed E-state index contributed by atoms with van der Waals surface area (Å²) < 4.78 is 55.7. The van der Waals surface area contributed by atoms with Crippen LogP contribution in [0.25, 0.3) is 0 Å². The van der Waals surface area contributed by atoms with Crippen LogP contribution in [0.1, 0.15) is 101 Å². The Bertz CT molecular complexity index is 2230. The Labute approximate surface area is 418 Å². The normalized spacial score (nSPS) is 18.1. The Balaban J connectivity index is 0.00000540. The summed E-state index contributed by atoms with van der Waals surface area (Å²) in [5.41, 5.74) is 3.02. The molecule has 392 valence electrons. The summed E-state index contributed by atoms with van der Waals surface area (Å²) in [4.78, 5) is 75.1. The standard InChI is InChI=1S/C48H61ClF2N4O14.C2H6/c1-5-20-52(30-36-16-19-40(63-4)32(2)26-36)45(56)33(3)44-48(28-35-14-12-34(13-15-35)11-10-23-64-43-39(51)18-17-38(50)42(43)49)29-37(31-67-47(58)66-22-7-9-25-69-55(61)62)27-41(48)53(44)46(57)65-21-6-8-24-68-54(59)60;1-2/h12-19,26,33,37,41,44H,5-11,20-25,27-31H2,1-4H3;1-2H3. The van der Waals surface area contributed by atoms with E-state index in [-0.39, 0.29) is 70.1 Å². The Hall–Kier alpha value is -6.18. The molecule has 2 fully saturated rings. The van der Waals surface area contributed by atoms with Gasteiger partial charge in [0.15, 0.2) is 11.6 Å². The predicted octanol–water partition coefficient (Wildman–Crippen LogP) is 10.3. The van der Waals surface area contributed by atoms with Crippen molar-refractivity contribution in [1.29, 1.82) is 0 Å². The van der Waals surface area contributed by atoms with Crippen molar-refractivity contribution >= 4 is 29.8 Å². The van der Waals surface area contributed by atoms with Gasteiger partial charge in [0.05, 0.1) is 58.7 Å². The number of amides is 2. The van der Waals surface area contributed by atoms with Gasteiger partial charge in [-0.3, -0.25) is 4.79 Å². The highest BCUT2D eigenvalue weighted by Crippen LogP contribution is 2.61. The fourth-order valence-electron chi connectivity index (χ4n) is 9.62. The molecule has 0 radical (unpaired) electrons. The number of fused-ring (bicyclic) bond motifs is 1. The molecule has 5 unspecified atom stereocenters. The summed E-state index contributed by atoms with van der Waals surface area (Å²) in [5.74, 6) is -2.31. The summed E-state index contributed by atoms with van der Waals surface area (Å²) in [6, 6.07) is 14.4. The highest BCUT2D eigenvalue weighted by Gasteiger charge is 2.68. The molecule has 1 saturated heterocycles. The van der Waals surface area contributed by atoms with Gasteiger partial charge in [-0.15, -0.1) is 20.2 Å². The molecule has 0 bridgehead atoms. The lowest BCUT2D eigenvalue weighted by Gasteiger charge is -2.62. The molecule has 5 atom stereocenters. The fraction of sp³-hybridized carbons (Fsp3) is 0.580. The van der Waals surface area contributed by atoms with Crippen LogP contribution in [0.3, 0.4) is 0 Å². The van der Waals surface area contributed by atoms with E-state index < -0.39 is 62.5 Å². The summed E-state index contributed by atoms with van der Waals surface area (Å²) >= 11 is 5.92. The van der Waals surface area contributed by atoms with Gasteiger partial charge in [-0.05, 0) is 118 Å². The van der Waals surface area contributed by atoms with Crippen molar-refractivity contribution in [3.05, 3.63) is 114 Å². The molecule has 18 nitrogen and oxygen atoms in total. The van der Waals surface area contributed by atoms with Gasteiger partial charge >= 0.3 is 12.2 Å². The lowest BCUT2D eigenvalue weighted by Crippen LogP contribution is -2.74. The molecule has 0 spiro atoms. The van der Waals surface area contributed by atoms with E-state index >= 15 is 0 Å². The maximum atomic E-state index is 14.9. The second-order valence-corrected chi connectivity index (χ2v) is 17.8. The zero-order chi connectivity index (χ0) is 52.1. The number of unbranched alkanes of at least 4 members (excludes halogenated alkanes) is 2. The zero-order valence-corrected chi connectivity index (χ0v) is 42.1. The van der Waals surface area contributed by atoms with Crippen molar-refractivity contribution < 1.29 is 66.7 Å². The average molecular weight is 1020 g/mol. The van der Waals surface area contributed by atoms with E-state index in [4.69, 9.17) is 35.3 Å². The molecule has 2 aliphatic rings. The number of halogens is 3. The lowest BCUT2D eigenvalue weighted by molar-refractivity contribution is -0.757. The van der Waals surface area contributed by atoms with E-state index in [0.717, 1.165) is 40.1 Å². The molecule has 0 aromatic heterocycles. The minimum atomic E-state index is -0.912. The molecule has 2 amide bonds. The Morgan fingerprint density at radius 3 is 2.07 bits per heavy atom. The number of aryl methyl sites for hydroxylation is 2. The van der Waals surface area contributed by atoms with Crippen LogP contribution < -0.4 is 9.47 Å². The molecule has 71 heavy (non-hydrogen) atoms. The maximum Gasteiger partial charge on any atom is 0.508 e. The van der Waals surface area contributed by atoms with Crippen molar-refractivity contribution in [1.82, 2.24) is 9.80 Å². The Kier molecular flexibility index (Phi) is 23.1. The van der Waals surface area contributed by atoms with Crippen LogP contribution in [0.15, 0.2) is 54.6 Å². The quantitative estimate of drug-likeness (QED) is 0.0218. The minimum absolute atomic E-state index is 0.0378. The van der Waals surface area contributed by atoms with Crippen molar-refractivity contribution in [2.75, 3.05) is 53.3 Å². The summed E-state index contributed by atoms with van der Waals surface area (Å²) in [6.07, 6.45) is 2.64. The van der Waals surface area contributed by atoms with Crippen LogP contribution in [0.2, 0.25) is 5.02 Å². The molecule has 3 aromatic rings. The number of carbonyl (C=O) groups excluding carboxylic acids is 3. The van der Waals surface area contributed by atoms with E-state index in [0.29, 0.717) is 64.5 Å². The third-order valence-corrected chi connectivity index (χ3v) is 12.9. The van der Waals surface area contributed by atoms with E-state index in [1.54, 1.807) is 16.9 Å². The molecule has 21 heteroatoms.